The molecule has 3 heteroatoms. The third kappa shape index (κ3) is 2.42. The van der Waals surface area contributed by atoms with Crippen LogP contribution in [0.2, 0.25) is 0 Å². The Bertz CT molecular complexity index is 716. The topological polar surface area (TPSA) is 35.5 Å². The van der Waals surface area contributed by atoms with Crippen molar-refractivity contribution in [3.05, 3.63) is 65.7 Å². The molecular weight excluding hydrogens is 264 g/mol. The highest BCUT2D eigenvalue weighted by Crippen LogP contribution is 2.42. The second-order valence-corrected chi connectivity index (χ2v) is 4.97. The molecule has 0 radical (unpaired) electrons. The van der Waals surface area contributed by atoms with E-state index in [1.165, 1.54) is 6.92 Å². The van der Waals surface area contributed by atoms with Gasteiger partial charge in [0, 0.05) is 12.0 Å². The van der Waals surface area contributed by atoms with Crippen LogP contribution in [0.4, 0.5) is 0 Å². The van der Waals surface area contributed by atoms with Gasteiger partial charge in [0.1, 0.15) is 29.4 Å². The highest BCUT2D eigenvalue weighted by molar-refractivity contribution is 6.00. The number of benzene rings is 2. The van der Waals surface area contributed by atoms with Crippen molar-refractivity contribution < 1.29 is 14.3 Å². The van der Waals surface area contributed by atoms with Crippen molar-refractivity contribution in [2.75, 3.05) is 6.61 Å². The molecule has 1 aliphatic rings. The standard InChI is InChI=1S/C18H16O3/c1-3-10-20-16-9-8-14-11-13-6-4-5-7-15(13)21-18(14)17(16)12(2)19/h3-9H,1,10-11H2,2H3. The summed E-state index contributed by atoms with van der Waals surface area (Å²) in [7, 11) is 0. The van der Waals surface area contributed by atoms with E-state index in [0.717, 1.165) is 23.3 Å². The summed E-state index contributed by atoms with van der Waals surface area (Å²) in [6.45, 7) is 5.51. The Morgan fingerprint density at radius 3 is 2.86 bits per heavy atom. The Balaban J connectivity index is 2.09. The molecule has 0 saturated heterocycles. The molecule has 0 saturated carbocycles. The maximum absolute atomic E-state index is 12.0. The van der Waals surface area contributed by atoms with Gasteiger partial charge in [0.05, 0.1) is 0 Å². The van der Waals surface area contributed by atoms with E-state index in [0.29, 0.717) is 23.7 Å². The minimum atomic E-state index is -0.0645. The summed E-state index contributed by atoms with van der Waals surface area (Å²) < 4.78 is 11.5. The van der Waals surface area contributed by atoms with E-state index in [1.807, 2.05) is 36.4 Å². The van der Waals surface area contributed by atoms with Crippen LogP contribution in [0.15, 0.2) is 49.1 Å². The molecule has 0 fully saturated rings. The molecule has 3 nitrogen and oxygen atoms in total. The third-order valence-corrected chi connectivity index (χ3v) is 3.48. The SMILES string of the molecule is C=CCOc1ccc2c(c1C(C)=O)Oc1ccccc1C2. The summed E-state index contributed by atoms with van der Waals surface area (Å²) in [6.07, 6.45) is 2.41. The molecule has 106 valence electrons. The summed E-state index contributed by atoms with van der Waals surface area (Å²) in [4.78, 5) is 12.0. The van der Waals surface area contributed by atoms with Gasteiger partial charge in [-0.25, -0.2) is 0 Å². The van der Waals surface area contributed by atoms with Crippen molar-refractivity contribution >= 4 is 5.78 Å². The van der Waals surface area contributed by atoms with Gasteiger partial charge in [-0.3, -0.25) is 4.79 Å². The number of carbonyl (C=O) groups excluding carboxylic acids is 1. The normalized spacial score (nSPS) is 11.9. The zero-order chi connectivity index (χ0) is 14.8. The number of hydrogen-bond donors (Lipinski definition) is 0. The number of rotatable bonds is 4. The maximum Gasteiger partial charge on any atom is 0.167 e. The van der Waals surface area contributed by atoms with Crippen LogP contribution < -0.4 is 9.47 Å². The Hall–Kier alpha value is -2.55. The number of para-hydroxylation sites is 1. The lowest BCUT2D eigenvalue weighted by Gasteiger charge is -2.23. The van der Waals surface area contributed by atoms with E-state index in [1.54, 1.807) is 6.08 Å². The summed E-state index contributed by atoms with van der Waals surface area (Å²) >= 11 is 0. The molecule has 0 aliphatic carbocycles. The van der Waals surface area contributed by atoms with Crippen molar-refractivity contribution in [2.45, 2.75) is 13.3 Å². The molecule has 3 rings (SSSR count). The third-order valence-electron chi connectivity index (χ3n) is 3.48. The predicted octanol–water partition coefficient (Wildman–Crippen LogP) is 4.15. The molecule has 1 aliphatic heterocycles. The smallest absolute Gasteiger partial charge is 0.167 e. The summed E-state index contributed by atoms with van der Waals surface area (Å²) in [5.41, 5.74) is 2.63. The number of ketones is 1. The first kappa shape index (κ1) is 13.4. The van der Waals surface area contributed by atoms with E-state index in [2.05, 4.69) is 6.58 Å². The van der Waals surface area contributed by atoms with Crippen LogP contribution in [0.5, 0.6) is 17.2 Å². The Kier molecular flexibility index (Phi) is 3.48. The number of Topliss-reactive ketones (excluding diaryl/α,β-unsaturated/α-hetero) is 1. The van der Waals surface area contributed by atoms with Gasteiger partial charge in [-0.05, 0) is 24.6 Å². The van der Waals surface area contributed by atoms with Crippen LogP contribution in [-0.2, 0) is 6.42 Å². The first-order valence-electron chi connectivity index (χ1n) is 6.87. The zero-order valence-electron chi connectivity index (χ0n) is 11.9. The highest BCUT2D eigenvalue weighted by Gasteiger charge is 2.24. The fraction of sp³-hybridized carbons (Fsp3) is 0.167. The van der Waals surface area contributed by atoms with Gasteiger partial charge >= 0.3 is 0 Å². The minimum Gasteiger partial charge on any atom is -0.489 e. The monoisotopic (exact) mass is 280 g/mol. The Morgan fingerprint density at radius 1 is 1.29 bits per heavy atom. The summed E-state index contributed by atoms with van der Waals surface area (Å²) in [5, 5.41) is 0. The molecule has 2 aromatic carbocycles. The first-order chi connectivity index (χ1) is 10.2. The lowest BCUT2D eigenvalue weighted by Crippen LogP contribution is -2.10. The first-order valence-corrected chi connectivity index (χ1v) is 6.87. The minimum absolute atomic E-state index is 0.0645. The summed E-state index contributed by atoms with van der Waals surface area (Å²) in [6, 6.07) is 11.6. The van der Waals surface area contributed by atoms with Crippen LogP contribution in [0.25, 0.3) is 0 Å². The van der Waals surface area contributed by atoms with E-state index >= 15 is 0 Å². The van der Waals surface area contributed by atoms with E-state index in [4.69, 9.17) is 9.47 Å². The van der Waals surface area contributed by atoms with Gasteiger partial charge in [-0.2, -0.15) is 0 Å². The van der Waals surface area contributed by atoms with Crippen molar-refractivity contribution in [1.29, 1.82) is 0 Å². The fourth-order valence-corrected chi connectivity index (χ4v) is 2.53. The molecule has 0 atom stereocenters. The largest absolute Gasteiger partial charge is 0.489 e. The van der Waals surface area contributed by atoms with Gasteiger partial charge < -0.3 is 9.47 Å². The molecule has 0 N–H and O–H groups in total. The van der Waals surface area contributed by atoms with Gasteiger partial charge in [-0.15, -0.1) is 0 Å². The van der Waals surface area contributed by atoms with Crippen molar-refractivity contribution in [1.82, 2.24) is 0 Å². The number of hydrogen-bond acceptors (Lipinski definition) is 3. The molecule has 1 heterocycles. The van der Waals surface area contributed by atoms with Crippen LogP contribution in [-0.4, -0.2) is 12.4 Å². The fourth-order valence-electron chi connectivity index (χ4n) is 2.53. The molecule has 0 spiro atoms. The van der Waals surface area contributed by atoms with E-state index in [9.17, 15) is 4.79 Å². The molecule has 0 aromatic heterocycles. The van der Waals surface area contributed by atoms with Crippen LogP contribution >= 0.6 is 0 Å². The quantitative estimate of drug-likeness (QED) is 0.532. The molecular formula is C18H16O3. The number of carbonyl (C=O) groups is 1. The number of fused-ring (bicyclic) bond motifs is 2. The van der Waals surface area contributed by atoms with Gasteiger partial charge in [0.2, 0.25) is 0 Å². The lowest BCUT2D eigenvalue weighted by atomic mass is 9.96. The Morgan fingerprint density at radius 2 is 2.10 bits per heavy atom. The van der Waals surface area contributed by atoms with Crippen LogP contribution in [0.1, 0.15) is 28.4 Å². The van der Waals surface area contributed by atoms with Crippen molar-refractivity contribution in [3.63, 3.8) is 0 Å². The average Bonchev–Trinajstić information content (AvgIpc) is 2.50. The van der Waals surface area contributed by atoms with Gasteiger partial charge in [0.15, 0.2) is 5.78 Å². The second-order valence-electron chi connectivity index (χ2n) is 4.97. The van der Waals surface area contributed by atoms with E-state index < -0.39 is 0 Å². The summed E-state index contributed by atoms with van der Waals surface area (Å²) in [5.74, 6) is 1.89. The van der Waals surface area contributed by atoms with Gasteiger partial charge in [-0.1, -0.05) is 36.9 Å². The molecule has 0 amide bonds. The maximum atomic E-state index is 12.0. The molecule has 21 heavy (non-hydrogen) atoms. The molecule has 0 unspecified atom stereocenters. The van der Waals surface area contributed by atoms with Crippen molar-refractivity contribution in [3.8, 4) is 17.2 Å². The van der Waals surface area contributed by atoms with Crippen LogP contribution in [0.3, 0.4) is 0 Å². The second kappa shape index (κ2) is 5.44. The highest BCUT2D eigenvalue weighted by atomic mass is 16.5. The zero-order valence-corrected chi connectivity index (χ0v) is 11.9. The number of ether oxygens (including phenoxy) is 2. The van der Waals surface area contributed by atoms with Crippen LogP contribution in [0, 0.1) is 0 Å². The lowest BCUT2D eigenvalue weighted by molar-refractivity contribution is 0.101. The Labute approximate surface area is 123 Å². The van der Waals surface area contributed by atoms with Gasteiger partial charge in [0.25, 0.3) is 0 Å². The molecule has 2 aromatic rings. The predicted molar refractivity (Wildman–Crippen MR) is 81.5 cm³/mol. The molecule has 0 bridgehead atoms. The van der Waals surface area contributed by atoms with E-state index in [-0.39, 0.29) is 5.78 Å². The average molecular weight is 280 g/mol. The van der Waals surface area contributed by atoms with Crippen molar-refractivity contribution in [2.24, 2.45) is 0 Å².